The molecule has 0 aliphatic heterocycles. The smallest absolute Gasteiger partial charge is 0.0992 e. The highest BCUT2D eigenvalue weighted by Gasteiger charge is 1.99. The van der Waals surface area contributed by atoms with Crippen LogP contribution in [0.15, 0.2) is 35.7 Å². The molecule has 0 spiro atoms. The predicted octanol–water partition coefficient (Wildman–Crippen LogP) is 2.42. The second-order valence-corrected chi connectivity index (χ2v) is 3.53. The Bertz CT molecular complexity index is 352. The minimum absolute atomic E-state index is 0.598. The molecule has 66 valence electrons. The van der Waals surface area contributed by atoms with Crippen molar-refractivity contribution in [1.82, 2.24) is 0 Å². The Morgan fingerprint density at radius 1 is 1.62 bits per heavy atom. The third-order valence-corrected chi connectivity index (χ3v) is 2.58. The second kappa shape index (κ2) is 4.58. The van der Waals surface area contributed by atoms with Gasteiger partial charge in [-0.2, -0.15) is 5.26 Å². The maximum absolute atomic E-state index is 8.60. The largest absolute Gasteiger partial charge is 0.398 e. The number of nitrogens with two attached hydrogens (primary N) is 1. The van der Waals surface area contributed by atoms with Crippen LogP contribution in [0.3, 0.4) is 0 Å². The molecule has 0 fully saturated rings. The Morgan fingerprint density at radius 3 is 2.92 bits per heavy atom. The van der Waals surface area contributed by atoms with E-state index >= 15 is 0 Å². The van der Waals surface area contributed by atoms with E-state index in [1.165, 1.54) is 0 Å². The number of anilines is 1. The normalized spacial score (nSPS) is 9.15. The van der Waals surface area contributed by atoms with Gasteiger partial charge in [-0.1, -0.05) is 6.08 Å². The molecule has 0 saturated heterocycles. The van der Waals surface area contributed by atoms with Gasteiger partial charge in [-0.3, -0.25) is 0 Å². The molecule has 1 aromatic carbocycles. The van der Waals surface area contributed by atoms with Crippen LogP contribution in [0.2, 0.25) is 0 Å². The van der Waals surface area contributed by atoms with Gasteiger partial charge in [-0.15, -0.1) is 18.3 Å². The topological polar surface area (TPSA) is 49.8 Å². The standard InChI is InChI=1S/C10H10N2S/c1-2-5-13-10-4-3-8(7-11)6-9(10)12/h2-4,6H,1,5,12H2. The van der Waals surface area contributed by atoms with Crippen molar-refractivity contribution in [3.63, 3.8) is 0 Å². The van der Waals surface area contributed by atoms with Gasteiger partial charge in [0.05, 0.1) is 11.6 Å². The summed E-state index contributed by atoms with van der Waals surface area (Å²) in [5.41, 5.74) is 6.99. The van der Waals surface area contributed by atoms with Crippen LogP contribution in [0.1, 0.15) is 5.56 Å². The highest BCUT2D eigenvalue weighted by molar-refractivity contribution is 7.99. The molecule has 2 nitrogen and oxygen atoms in total. The second-order valence-electron chi connectivity index (χ2n) is 2.46. The third kappa shape index (κ3) is 2.53. The predicted molar refractivity (Wildman–Crippen MR) is 56.5 cm³/mol. The zero-order chi connectivity index (χ0) is 9.68. The summed E-state index contributed by atoms with van der Waals surface area (Å²) in [6.07, 6.45) is 1.82. The molecule has 0 amide bonds. The Labute approximate surface area is 82.1 Å². The number of benzene rings is 1. The van der Waals surface area contributed by atoms with Crippen molar-refractivity contribution in [2.24, 2.45) is 0 Å². The molecule has 0 atom stereocenters. The monoisotopic (exact) mass is 190 g/mol. The van der Waals surface area contributed by atoms with Crippen LogP contribution < -0.4 is 5.73 Å². The highest BCUT2D eigenvalue weighted by atomic mass is 32.2. The number of nitriles is 1. The molecule has 2 N–H and O–H groups in total. The minimum atomic E-state index is 0.598. The first-order valence-electron chi connectivity index (χ1n) is 3.81. The Hall–Kier alpha value is -1.40. The summed E-state index contributed by atoms with van der Waals surface area (Å²) in [6.45, 7) is 3.63. The molecule has 3 heteroatoms. The van der Waals surface area contributed by atoms with E-state index < -0.39 is 0 Å². The molecule has 0 aliphatic rings. The van der Waals surface area contributed by atoms with Crippen molar-refractivity contribution >= 4 is 17.4 Å². The van der Waals surface area contributed by atoms with Crippen molar-refractivity contribution in [1.29, 1.82) is 5.26 Å². The number of hydrogen-bond acceptors (Lipinski definition) is 3. The van der Waals surface area contributed by atoms with E-state index in [0.717, 1.165) is 10.6 Å². The fourth-order valence-electron chi connectivity index (χ4n) is 0.898. The average Bonchev–Trinajstić information content (AvgIpc) is 2.16. The zero-order valence-electron chi connectivity index (χ0n) is 7.16. The molecule has 1 aromatic rings. The average molecular weight is 190 g/mol. The molecule has 0 aliphatic carbocycles. The van der Waals surface area contributed by atoms with Gasteiger partial charge in [-0.25, -0.2) is 0 Å². The van der Waals surface area contributed by atoms with Crippen LogP contribution in [0.25, 0.3) is 0 Å². The number of rotatable bonds is 3. The summed E-state index contributed by atoms with van der Waals surface area (Å²) in [4.78, 5) is 0.999. The van der Waals surface area contributed by atoms with Gasteiger partial charge < -0.3 is 5.73 Å². The lowest BCUT2D eigenvalue weighted by Gasteiger charge is -2.02. The maximum atomic E-state index is 8.60. The molecule has 0 radical (unpaired) electrons. The number of hydrogen-bond donors (Lipinski definition) is 1. The number of nitrogen functional groups attached to an aromatic ring is 1. The van der Waals surface area contributed by atoms with Gasteiger partial charge in [0.25, 0.3) is 0 Å². The number of nitrogens with zero attached hydrogens (tertiary/aromatic N) is 1. The fraction of sp³-hybridized carbons (Fsp3) is 0.100. The Morgan fingerprint density at radius 2 is 2.38 bits per heavy atom. The lowest BCUT2D eigenvalue weighted by atomic mass is 10.2. The summed E-state index contributed by atoms with van der Waals surface area (Å²) in [7, 11) is 0. The van der Waals surface area contributed by atoms with E-state index in [2.05, 4.69) is 6.58 Å². The summed E-state index contributed by atoms with van der Waals surface area (Å²) in [6, 6.07) is 7.36. The van der Waals surface area contributed by atoms with Crippen molar-refractivity contribution < 1.29 is 0 Å². The lowest BCUT2D eigenvalue weighted by molar-refractivity contribution is 1.41. The SMILES string of the molecule is C=CCSc1ccc(C#N)cc1N. The van der Waals surface area contributed by atoms with Gasteiger partial charge in [0.2, 0.25) is 0 Å². The lowest BCUT2D eigenvalue weighted by Crippen LogP contribution is -1.89. The summed E-state index contributed by atoms with van der Waals surface area (Å²) < 4.78 is 0. The van der Waals surface area contributed by atoms with Gasteiger partial charge in [-0.05, 0) is 18.2 Å². The molecule has 13 heavy (non-hydrogen) atoms. The van der Waals surface area contributed by atoms with Crippen LogP contribution in [-0.2, 0) is 0 Å². The van der Waals surface area contributed by atoms with Crippen molar-refractivity contribution in [3.8, 4) is 6.07 Å². The summed E-state index contributed by atoms with van der Waals surface area (Å²) in [5, 5.41) is 8.60. The Kier molecular flexibility index (Phi) is 3.41. The quantitative estimate of drug-likeness (QED) is 0.452. The Balaban J connectivity index is 2.86. The first-order chi connectivity index (χ1) is 6.27. The molecule has 1 rings (SSSR count). The highest BCUT2D eigenvalue weighted by Crippen LogP contribution is 2.25. The van der Waals surface area contributed by atoms with Gasteiger partial charge in [0, 0.05) is 16.3 Å². The van der Waals surface area contributed by atoms with E-state index in [1.54, 1.807) is 23.9 Å². The fourth-order valence-corrected chi connectivity index (χ4v) is 1.59. The van der Waals surface area contributed by atoms with Crippen molar-refractivity contribution in [2.45, 2.75) is 4.90 Å². The van der Waals surface area contributed by atoms with E-state index in [-0.39, 0.29) is 0 Å². The van der Waals surface area contributed by atoms with Crippen molar-refractivity contribution in [2.75, 3.05) is 11.5 Å². The van der Waals surface area contributed by atoms with Gasteiger partial charge in [0.15, 0.2) is 0 Å². The summed E-state index contributed by atoms with van der Waals surface area (Å²) >= 11 is 1.61. The summed E-state index contributed by atoms with van der Waals surface area (Å²) in [5.74, 6) is 0.829. The van der Waals surface area contributed by atoms with Crippen LogP contribution in [-0.4, -0.2) is 5.75 Å². The number of thioether (sulfide) groups is 1. The van der Waals surface area contributed by atoms with E-state index in [1.807, 2.05) is 18.2 Å². The molecule has 0 saturated carbocycles. The van der Waals surface area contributed by atoms with Crippen molar-refractivity contribution in [3.05, 3.63) is 36.4 Å². The van der Waals surface area contributed by atoms with Gasteiger partial charge in [0.1, 0.15) is 0 Å². The van der Waals surface area contributed by atoms with E-state index in [9.17, 15) is 0 Å². The van der Waals surface area contributed by atoms with Crippen LogP contribution in [0, 0.1) is 11.3 Å². The van der Waals surface area contributed by atoms with Gasteiger partial charge >= 0.3 is 0 Å². The first kappa shape index (κ1) is 9.69. The van der Waals surface area contributed by atoms with Crippen LogP contribution in [0.4, 0.5) is 5.69 Å². The zero-order valence-corrected chi connectivity index (χ0v) is 7.97. The molecule has 0 heterocycles. The van der Waals surface area contributed by atoms with Crippen LogP contribution in [0.5, 0.6) is 0 Å². The molecule has 0 bridgehead atoms. The molecule has 0 aromatic heterocycles. The van der Waals surface area contributed by atoms with E-state index in [0.29, 0.717) is 11.3 Å². The third-order valence-electron chi connectivity index (χ3n) is 1.50. The maximum Gasteiger partial charge on any atom is 0.0992 e. The van der Waals surface area contributed by atoms with Crippen LogP contribution >= 0.6 is 11.8 Å². The molecular weight excluding hydrogens is 180 g/mol. The van der Waals surface area contributed by atoms with E-state index in [4.69, 9.17) is 11.0 Å². The molecule has 0 unspecified atom stereocenters. The molecular formula is C10H10N2S. The first-order valence-corrected chi connectivity index (χ1v) is 4.80. The minimum Gasteiger partial charge on any atom is -0.398 e.